The fourth-order valence-electron chi connectivity index (χ4n) is 1.49. The third kappa shape index (κ3) is 6.83. The summed E-state index contributed by atoms with van der Waals surface area (Å²) in [5.41, 5.74) is 3.69. The van der Waals surface area contributed by atoms with E-state index in [-0.39, 0.29) is 0 Å². The van der Waals surface area contributed by atoms with Crippen LogP contribution in [0.25, 0.3) is 0 Å². The lowest BCUT2D eigenvalue weighted by Gasteiger charge is -2.10. The Bertz CT molecular complexity index is 307. The molecule has 0 amide bonds. The highest BCUT2D eigenvalue weighted by Crippen LogP contribution is 2.16. The van der Waals surface area contributed by atoms with Crippen LogP contribution < -0.4 is 5.32 Å². The average molecular weight is 233 g/mol. The molecule has 0 rings (SSSR count). The number of hydrogen-bond acceptors (Lipinski definition) is 1. The molecular formula is C16H27N. The zero-order valence-electron chi connectivity index (χ0n) is 11.8. The van der Waals surface area contributed by atoms with Crippen molar-refractivity contribution in [3.63, 3.8) is 0 Å². The van der Waals surface area contributed by atoms with E-state index in [4.69, 9.17) is 0 Å². The smallest absolute Gasteiger partial charge is 0.0135 e. The Morgan fingerprint density at radius 1 is 1.29 bits per heavy atom. The van der Waals surface area contributed by atoms with Crippen molar-refractivity contribution in [3.8, 4) is 0 Å². The maximum Gasteiger partial charge on any atom is 0.0135 e. The Morgan fingerprint density at radius 2 is 1.94 bits per heavy atom. The van der Waals surface area contributed by atoms with Crippen LogP contribution in [0, 0.1) is 5.92 Å². The first-order chi connectivity index (χ1) is 8.04. The second kappa shape index (κ2) is 8.86. The Kier molecular flexibility index (Phi) is 8.21. The highest BCUT2D eigenvalue weighted by Gasteiger charge is 2.01. The summed E-state index contributed by atoms with van der Waals surface area (Å²) in [7, 11) is 1.91. The van der Waals surface area contributed by atoms with Crippen LogP contribution in [-0.4, -0.2) is 7.05 Å². The third-order valence-electron chi connectivity index (χ3n) is 2.89. The number of allylic oxidation sites excluding steroid dienone is 5. The molecule has 1 N–H and O–H groups in total. The van der Waals surface area contributed by atoms with Gasteiger partial charge in [-0.15, -0.1) is 0 Å². The largest absolute Gasteiger partial charge is 0.391 e. The van der Waals surface area contributed by atoms with Crippen molar-refractivity contribution >= 4 is 0 Å². The van der Waals surface area contributed by atoms with Crippen molar-refractivity contribution in [2.24, 2.45) is 5.92 Å². The predicted molar refractivity (Wildman–Crippen MR) is 78.9 cm³/mol. The van der Waals surface area contributed by atoms with E-state index in [2.05, 4.69) is 57.5 Å². The van der Waals surface area contributed by atoms with Gasteiger partial charge < -0.3 is 5.32 Å². The molecule has 1 nitrogen and oxygen atoms in total. The molecule has 0 heterocycles. The second-order valence-electron chi connectivity index (χ2n) is 4.39. The van der Waals surface area contributed by atoms with Crippen molar-refractivity contribution in [2.45, 2.75) is 40.0 Å². The summed E-state index contributed by atoms with van der Waals surface area (Å²) >= 11 is 0. The van der Waals surface area contributed by atoms with E-state index in [1.165, 1.54) is 11.1 Å². The molecule has 96 valence electrons. The number of nitrogens with one attached hydrogen (secondary N) is 1. The van der Waals surface area contributed by atoms with Crippen molar-refractivity contribution in [3.05, 3.63) is 48.2 Å². The van der Waals surface area contributed by atoms with E-state index in [1.54, 1.807) is 0 Å². The lowest BCUT2D eigenvalue weighted by Crippen LogP contribution is -2.10. The zero-order valence-corrected chi connectivity index (χ0v) is 11.8. The molecule has 0 aliphatic heterocycles. The zero-order chi connectivity index (χ0) is 13.3. The second-order valence-corrected chi connectivity index (χ2v) is 4.39. The fraction of sp³-hybridized carbons (Fsp3) is 0.500. The van der Waals surface area contributed by atoms with Crippen LogP contribution >= 0.6 is 0 Å². The maximum atomic E-state index is 4.07. The lowest BCUT2D eigenvalue weighted by atomic mass is 10.0. The molecule has 0 aromatic carbocycles. The SMILES string of the molecule is C=C(CC)CC(/C=C\[C@@H](C)C(=C)NC)=C/CC. The van der Waals surface area contributed by atoms with Gasteiger partial charge in [-0.25, -0.2) is 0 Å². The highest BCUT2D eigenvalue weighted by atomic mass is 14.8. The minimum Gasteiger partial charge on any atom is -0.391 e. The standard InChI is InChI=1S/C16H27N/c1-7-9-16(12-13(3)8-2)11-10-14(4)15(5)17-6/h9-11,14,17H,3,5,7-8,12H2,1-2,4,6H3/b11-10-,16-9+/t14-/m1/s1. The van der Waals surface area contributed by atoms with Crippen LogP contribution in [0.3, 0.4) is 0 Å². The Labute approximate surface area is 107 Å². The van der Waals surface area contributed by atoms with Crippen LogP contribution in [-0.2, 0) is 0 Å². The van der Waals surface area contributed by atoms with Crippen molar-refractivity contribution in [2.75, 3.05) is 7.05 Å². The van der Waals surface area contributed by atoms with Crippen LogP contribution in [0.5, 0.6) is 0 Å². The van der Waals surface area contributed by atoms with E-state index >= 15 is 0 Å². The molecule has 0 saturated carbocycles. The molecular weight excluding hydrogens is 206 g/mol. The van der Waals surface area contributed by atoms with Gasteiger partial charge in [-0.05, 0) is 24.8 Å². The lowest BCUT2D eigenvalue weighted by molar-refractivity contribution is 0.770. The molecule has 0 spiro atoms. The minimum absolute atomic E-state index is 0.357. The summed E-state index contributed by atoms with van der Waals surface area (Å²) in [6.45, 7) is 14.5. The number of rotatable bonds is 8. The summed E-state index contributed by atoms with van der Waals surface area (Å²) in [5.74, 6) is 0.357. The van der Waals surface area contributed by atoms with Crippen LogP contribution in [0.4, 0.5) is 0 Å². The molecule has 1 atom stereocenters. The molecule has 0 bridgehead atoms. The summed E-state index contributed by atoms with van der Waals surface area (Å²) in [6.07, 6.45) is 9.78. The topological polar surface area (TPSA) is 12.0 Å². The van der Waals surface area contributed by atoms with Crippen LogP contribution in [0.2, 0.25) is 0 Å². The van der Waals surface area contributed by atoms with E-state index in [0.29, 0.717) is 5.92 Å². The maximum absolute atomic E-state index is 4.07. The van der Waals surface area contributed by atoms with Gasteiger partial charge in [0.25, 0.3) is 0 Å². The van der Waals surface area contributed by atoms with Crippen molar-refractivity contribution in [1.82, 2.24) is 5.32 Å². The molecule has 0 aromatic rings. The van der Waals surface area contributed by atoms with Gasteiger partial charge >= 0.3 is 0 Å². The first-order valence-corrected chi connectivity index (χ1v) is 6.45. The van der Waals surface area contributed by atoms with E-state index in [0.717, 1.165) is 25.0 Å². The molecule has 0 aliphatic rings. The first-order valence-electron chi connectivity index (χ1n) is 6.45. The normalized spacial score (nSPS) is 13.8. The van der Waals surface area contributed by atoms with Gasteiger partial charge in [0.15, 0.2) is 0 Å². The monoisotopic (exact) mass is 233 g/mol. The predicted octanol–water partition coefficient (Wildman–Crippen LogP) is 4.60. The van der Waals surface area contributed by atoms with Gasteiger partial charge in [0, 0.05) is 18.7 Å². The Hall–Kier alpha value is -1.24. The Morgan fingerprint density at radius 3 is 2.41 bits per heavy atom. The van der Waals surface area contributed by atoms with Gasteiger partial charge in [0.05, 0.1) is 0 Å². The molecule has 0 fully saturated rings. The van der Waals surface area contributed by atoms with Crippen LogP contribution in [0.15, 0.2) is 48.2 Å². The van der Waals surface area contributed by atoms with Crippen molar-refractivity contribution in [1.29, 1.82) is 0 Å². The van der Waals surface area contributed by atoms with E-state index in [9.17, 15) is 0 Å². The highest BCUT2D eigenvalue weighted by molar-refractivity contribution is 5.25. The fourth-order valence-corrected chi connectivity index (χ4v) is 1.49. The Balaban J connectivity index is 4.55. The molecule has 0 aromatic heterocycles. The van der Waals surface area contributed by atoms with Gasteiger partial charge in [0.1, 0.15) is 0 Å². The van der Waals surface area contributed by atoms with Gasteiger partial charge in [0.2, 0.25) is 0 Å². The summed E-state index contributed by atoms with van der Waals surface area (Å²) < 4.78 is 0. The average Bonchev–Trinajstić information content (AvgIpc) is 2.34. The summed E-state index contributed by atoms with van der Waals surface area (Å²) in [5, 5.41) is 3.09. The number of hydrogen-bond donors (Lipinski definition) is 1. The first kappa shape index (κ1) is 15.8. The van der Waals surface area contributed by atoms with Crippen LogP contribution in [0.1, 0.15) is 40.0 Å². The van der Waals surface area contributed by atoms with Gasteiger partial charge in [-0.1, -0.05) is 57.7 Å². The van der Waals surface area contributed by atoms with E-state index in [1.807, 2.05) is 7.05 Å². The van der Waals surface area contributed by atoms with Crippen molar-refractivity contribution < 1.29 is 0 Å². The summed E-state index contributed by atoms with van der Waals surface area (Å²) in [4.78, 5) is 0. The molecule has 0 unspecified atom stereocenters. The van der Waals surface area contributed by atoms with Gasteiger partial charge in [-0.3, -0.25) is 0 Å². The molecule has 0 aliphatic carbocycles. The molecule has 0 radical (unpaired) electrons. The quantitative estimate of drug-likeness (QED) is 0.477. The summed E-state index contributed by atoms with van der Waals surface area (Å²) in [6, 6.07) is 0. The third-order valence-corrected chi connectivity index (χ3v) is 2.89. The molecule has 0 saturated heterocycles. The molecule has 17 heavy (non-hydrogen) atoms. The van der Waals surface area contributed by atoms with Gasteiger partial charge in [-0.2, -0.15) is 0 Å². The minimum atomic E-state index is 0.357. The molecule has 1 heteroatoms. The van der Waals surface area contributed by atoms with E-state index < -0.39 is 0 Å².